The van der Waals surface area contributed by atoms with Crippen molar-refractivity contribution in [3.05, 3.63) is 45.7 Å². The number of nitrogens with zero attached hydrogens (tertiary/aromatic N) is 1. The van der Waals surface area contributed by atoms with Crippen LogP contribution in [0.25, 0.3) is 0 Å². The zero-order chi connectivity index (χ0) is 15.0. The number of nitrogens with one attached hydrogen (secondary N) is 1. The Morgan fingerprint density at radius 1 is 1.14 bits per heavy atom. The molecule has 1 aliphatic rings. The fourth-order valence-electron chi connectivity index (χ4n) is 2.11. The molecule has 0 spiro atoms. The van der Waals surface area contributed by atoms with Gasteiger partial charge in [-0.05, 0) is 39.7 Å². The second-order valence-corrected chi connectivity index (χ2v) is 9.16. The number of carbonyl (C=O) groups excluding carboxylic acids is 1. The van der Waals surface area contributed by atoms with Gasteiger partial charge in [-0.3, -0.25) is 4.79 Å². The lowest BCUT2D eigenvalue weighted by molar-refractivity contribution is -0.116. The molecule has 2 aromatic rings. The largest absolute Gasteiger partial charge is 0.325 e. The molecule has 1 amide bonds. The van der Waals surface area contributed by atoms with Gasteiger partial charge < -0.3 is 5.32 Å². The zero-order valence-corrected chi connectivity index (χ0v) is 14.0. The molecule has 2 heterocycles. The molecule has 1 aromatic carbocycles. The Balaban J connectivity index is 2.01. The van der Waals surface area contributed by atoms with Crippen LogP contribution < -0.4 is 5.32 Å². The Bertz CT molecular complexity index is 801. The minimum Gasteiger partial charge on any atom is -0.325 e. The van der Waals surface area contributed by atoms with E-state index in [1.165, 1.54) is 4.31 Å². The quantitative estimate of drug-likeness (QED) is 0.862. The molecule has 5 nitrogen and oxygen atoms in total. The topological polar surface area (TPSA) is 66.5 Å². The molecule has 1 aromatic heterocycles. The molecular formula is C13H11BrN2O3S2. The van der Waals surface area contributed by atoms with E-state index in [0.717, 1.165) is 20.7 Å². The van der Waals surface area contributed by atoms with Crippen LogP contribution in [0.1, 0.15) is 5.56 Å². The second kappa shape index (κ2) is 5.53. The van der Waals surface area contributed by atoms with Gasteiger partial charge in [0.25, 0.3) is 10.0 Å². The predicted octanol–water partition coefficient (Wildman–Crippen LogP) is 2.65. The third kappa shape index (κ3) is 2.89. The summed E-state index contributed by atoms with van der Waals surface area (Å²) in [6.45, 7) is -0.0146. The minimum atomic E-state index is -3.68. The summed E-state index contributed by atoms with van der Waals surface area (Å²) in [6.07, 6.45) is 0. The monoisotopic (exact) mass is 386 g/mol. The number of halogens is 1. The number of sulfonamides is 1. The van der Waals surface area contributed by atoms with Crippen molar-refractivity contribution >= 4 is 48.9 Å². The average molecular weight is 387 g/mol. The molecule has 1 aliphatic heterocycles. The van der Waals surface area contributed by atoms with E-state index >= 15 is 0 Å². The molecule has 1 N–H and O–H groups in total. The van der Waals surface area contributed by atoms with E-state index < -0.39 is 10.0 Å². The van der Waals surface area contributed by atoms with Gasteiger partial charge in [-0.25, -0.2) is 8.42 Å². The molecule has 0 bridgehead atoms. The fraction of sp³-hybridized carbons (Fsp3) is 0.154. The Morgan fingerprint density at radius 2 is 1.90 bits per heavy atom. The van der Waals surface area contributed by atoms with Gasteiger partial charge in [0.05, 0.1) is 10.3 Å². The molecule has 0 aliphatic carbocycles. The fourth-order valence-corrected chi connectivity index (χ4v) is 5.65. The van der Waals surface area contributed by atoms with E-state index in [-0.39, 0.29) is 23.2 Å². The smallest absolute Gasteiger partial charge is 0.253 e. The Morgan fingerprint density at radius 3 is 2.62 bits per heavy atom. The van der Waals surface area contributed by atoms with E-state index in [1.54, 1.807) is 24.3 Å². The highest BCUT2D eigenvalue weighted by Crippen LogP contribution is 2.30. The first-order chi connectivity index (χ1) is 9.96. The summed E-state index contributed by atoms with van der Waals surface area (Å²) >= 11 is 4.39. The van der Waals surface area contributed by atoms with Gasteiger partial charge in [0.1, 0.15) is 4.21 Å². The summed E-state index contributed by atoms with van der Waals surface area (Å²) in [4.78, 5) is 11.9. The van der Waals surface area contributed by atoms with Gasteiger partial charge in [-0.2, -0.15) is 4.31 Å². The maximum Gasteiger partial charge on any atom is 0.253 e. The van der Waals surface area contributed by atoms with Crippen molar-refractivity contribution in [2.45, 2.75) is 10.8 Å². The first kappa shape index (κ1) is 14.7. The number of benzene rings is 1. The number of thiophene rings is 1. The van der Waals surface area contributed by atoms with Crippen LogP contribution >= 0.6 is 27.3 Å². The van der Waals surface area contributed by atoms with Gasteiger partial charge >= 0.3 is 0 Å². The summed E-state index contributed by atoms with van der Waals surface area (Å²) in [6, 6.07) is 10.4. The average Bonchev–Trinajstić information content (AvgIpc) is 2.79. The van der Waals surface area contributed by atoms with Crippen molar-refractivity contribution in [1.82, 2.24) is 4.31 Å². The van der Waals surface area contributed by atoms with E-state index in [4.69, 9.17) is 0 Å². The number of fused-ring (bicyclic) bond motifs is 1. The summed E-state index contributed by atoms with van der Waals surface area (Å²) in [7, 11) is -3.68. The van der Waals surface area contributed by atoms with Crippen LogP contribution in [-0.4, -0.2) is 25.2 Å². The van der Waals surface area contributed by atoms with Crippen LogP contribution in [0.3, 0.4) is 0 Å². The number of hydrogen-bond donors (Lipinski definition) is 1. The van der Waals surface area contributed by atoms with Crippen molar-refractivity contribution in [2.75, 3.05) is 11.9 Å². The van der Waals surface area contributed by atoms with Crippen molar-refractivity contribution in [3.8, 4) is 0 Å². The Kier molecular flexibility index (Phi) is 3.87. The van der Waals surface area contributed by atoms with Crippen LogP contribution in [0.4, 0.5) is 5.69 Å². The Labute approximate surface area is 134 Å². The highest BCUT2D eigenvalue weighted by Gasteiger charge is 2.30. The van der Waals surface area contributed by atoms with Gasteiger partial charge in [0.15, 0.2) is 0 Å². The van der Waals surface area contributed by atoms with Crippen LogP contribution in [-0.2, 0) is 21.4 Å². The summed E-state index contributed by atoms with van der Waals surface area (Å²) < 4.78 is 27.4. The number of hydrogen-bond acceptors (Lipinski definition) is 4. The second-order valence-electron chi connectivity index (χ2n) is 4.54. The third-order valence-corrected chi connectivity index (χ3v) is 6.98. The summed E-state index contributed by atoms with van der Waals surface area (Å²) in [5.41, 5.74) is 1.44. The molecule has 0 atom stereocenters. The molecule has 0 saturated carbocycles. The number of rotatable bonds is 2. The summed E-state index contributed by atoms with van der Waals surface area (Å²) in [5, 5.41) is 2.73. The summed E-state index contributed by atoms with van der Waals surface area (Å²) in [5.74, 6) is -0.334. The van der Waals surface area contributed by atoms with Crippen LogP contribution in [0.5, 0.6) is 0 Å². The van der Waals surface area contributed by atoms with Crippen LogP contribution in [0, 0.1) is 0 Å². The van der Waals surface area contributed by atoms with Crippen molar-refractivity contribution in [3.63, 3.8) is 0 Å². The molecule has 21 heavy (non-hydrogen) atoms. The van der Waals surface area contributed by atoms with E-state index in [2.05, 4.69) is 21.2 Å². The van der Waals surface area contributed by atoms with E-state index in [0.29, 0.717) is 5.69 Å². The lowest BCUT2D eigenvalue weighted by Gasteiger charge is -2.18. The lowest BCUT2D eigenvalue weighted by Crippen LogP contribution is -2.34. The van der Waals surface area contributed by atoms with Gasteiger partial charge in [0, 0.05) is 12.2 Å². The highest BCUT2D eigenvalue weighted by atomic mass is 79.9. The normalized spacial score (nSPS) is 16.1. The molecule has 0 fully saturated rings. The highest BCUT2D eigenvalue weighted by molar-refractivity contribution is 9.11. The first-order valence-corrected chi connectivity index (χ1v) is 9.15. The molecule has 3 rings (SSSR count). The minimum absolute atomic E-state index is 0.173. The SMILES string of the molecule is O=C1CN(S(=O)(=O)c2ccc(Br)s2)Cc2ccccc2N1. The number of para-hydroxylation sites is 1. The van der Waals surface area contributed by atoms with Crippen molar-refractivity contribution in [1.29, 1.82) is 0 Å². The van der Waals surface area contributed by atoms with E-state index in [1.807, 2.05) is 12.1 Å². The van der Waals surface area contributed by atoms with Gasteiger partial charge in [0.2, 0.25) is 5.91 Å². The van der Waals surface area contributed by atoms with Gasteiger partial charge in [-0.1, -0.05) is 18.2 Å². The molecule has 8 heteroatoms. The van der Waals surface area contributed by atoms with Gasteiger partial charge in [-0.15, -0.1) is 11.3 Å². The maximum atomic E-state index is 12.6. The molecule has 0 saturated heterocycles. The number of anilines is 1. The zero-order valence-electron chi connectivity index (χ0n) is 10.7. The lowest BCUT2D eigenvalue weighted by atomic mass is 10.2. The standard InChI is InChI=1S/C13H11BrN2O3S2/c14-11-5-6-13(20-11)21(18,19)16-7-9-3-1-2-4-10(9)15-12(17)8-16/h1-6H,7-8H2,(H,15,17). The number of carbonyl (C=O) groups is 1. The molecule has 0 unspecified atom stereocenters. The molecular weight excluding hydrogens is 376 g/mol. The number of amides is 1. The first-order valence-electron chi connectivity index (χ1n) is 6.10. The van der Waals surface area contributed by atoms with Crippen LogP contribution in [0.2, 0.25) is 0 Å². The van der Waals surface area contributed by atoms with E-state index in [9.17, 15) is 13.2 Å². The molecule has 0 radical (unpaired) electrons. The van der Waals surface area contributed by atoms with Crippen molar-refractivity contribution < 1.29 is 13.2 Å². The molecule has 110 valence electrons. The van der Waals surface area contributed by atoms with Crippen molar-refractivity contribution in [2.24, 2.45) is 0 Å². The predicted molar refractivity (Wildman–Crippen MR) is 84.7 cm³/mol. The third-order valence-electron chi connectivity index (χ3n) is 3.10. The maximum absolute atomic E-state index is 12.6. The Hall–Kier alpha value is -1.22. The van der Waals surface area contributed by atoms with Crippen LogP contribution in [0.15, 0.2) is 44.4 Å².